The lowest BCUT2D eigenvalue weighted by Crippen LogP contribution is -2.32. The van der Waals surface area contributed by atoms with Gasteiger partial charge in [-0.3, -0.25) is 0 Å². The number of rotatable bonds is 2. The van der Waals surface area contributed by atoms with E-state index >= 15 is 0 Å². The van der Waals surface area contributed by atoms with Gasteiger partial charge in [-0.1, -0.05) is 12.1 Å². The van der Waals surface area contributed by atoms with Gasteiger partial charge in [0.05, 0.1) is 0 Å². The minimum absolute atomic E-state index is 0.244. The fourth-order valence-corrected chi connectivity index (χ4v) is 2.54. The van der Waals surface area contributed by atoms with Crippen molar-refractivity contribution in [2.75, 3.05) is 6.79 Å². The van der Waals surface area contributed by atoms with Crippen LogP contribution in [0.3, 0.4) is 0 Å². The Labute approximate surface area is 99.3 Å². The number of hydrogen-bond acceptors (Lipinski definition) is 4. The van der Waals surface area contributed by atoms with Crippen LogP contribution in [0.15, 0.2) is 17.1 Å². The molecule has 0 saturated heterocycles. The highest BCUT2D eigenvalue weighted by molar-refractivity contribution is 5.57. The van der Waals surface area contributed by atoms with Crippen molar-refractivity contribution in [1.82, 2.24) is 0 Å². The van der Waals surface area contributed by atoms with Crippen molar-refractivity contribution >= 4 is 6.08 Å². The van der Waals surface area contributed by atoms with E-state index in [9.17, 15) is 4.79 Å². The smallest absolute Gasteiger partial charge is 0.235 e. The van der Waals surface area contributed by atoms with Gasteiger partial charge in [0.1, 0.15) is 5.54 Å². The van der Waals surface area contributed by atoms with Gasteiger partial charge < -0.3 is 9.47 Å². The SMILES string of the molecule is Cc1ccc(C2(N=C=O)CCC2)c2c1OCO2. The van der Waals surface area contributed by atoms with Crippen molar-refractivity contribution in [3.8, 4) is 11.5 Å². The van der Waals surface area contributed by atoms with Crippen LogP contribution in [0.4, 0.5) is 0 Å². The molecule has 1 aromatic carbocycles. The largest absolute Gasteiger partial charge is 0.453 e. The second kappa shape index (κ2) is 3.60. The van der Waals surface area contributed by atoms with E-state index in [4.69, 9.17) is 9.47 Å². The van der Waals surface area contributed by atoms with Crippen molar-refractivity contribution in [2.45, 2.75) is 31.7 Å². The van der Waals surface area contributed by atoms with E-state index in [1.807, 2.05) is 19.1 Å². The molecule has 0 radical (unpaired) electrons. The van der Waals surface area contributed by atoms with Crippen LogP contribution in [0.2, 0.25) is 0 Å². The molecule has 0 amide bonds. The third-order valence-corrected chi connectivity index (χ3v) is 3.66. The quantitative estimate of drug-likeness (QED) is 0.580. The first-order valence-electron chi connectivity index (χ1n) is 5.75. The van der Waals surface area contributed by atoms with Gasteiger partial charge in [0.15, 0.2) is 11.5 Å². The molecule has 1 aliphatic carbocycles. The maximum Gasteiger partial charge on any atom is 0.235 e. The number of ether oxygens (including phenoxy) is 2. The molecule has 17 heavy (non-hydrogen) atoms. The van der Waals surface area contributed by atoms with E-state index in [2.05, 4.69) is 4.99 Å². The van der Waals surface area contributed by atoms with Crippen LogP contribution in [0.5, 0.6) is 11.5 Å². The summed E-state index contributed by atoms with van der Waals surface area (Å²) >= 11 is 0. The molecule has 1 fully saturated rings. The second-order valence-corrected chi connectivity index (χ2v) is 4.58. The summed E-state index contributed by atoms with van der Waals surface area (Å²) in [6.07, 6.45) is 4.52. The van der Waals surface area contributed by atoms with Gasteiger partial charge in [-0.15, -0.1) is 0 Å². The van der Waals surface area contributed by atoms with E-state index in [0.717, 1.165) is 41.9 Å². The lowest BCUT2D eigenvalue weighted by atomic mass is 9.72. The molecule has 4 nitrogen and oxygen atoms in total. The Kier molecular flexibility index (Phi) is 2.20. The molecule has 1 heterocycles. The summed E-state index contributed by atoms with van der Waals surface area (Å²) in [6, 6.07) is 3.98. The Hall–Kier alpha value is -1.80. The van der Waals surface area contributed by atoms with Crippen LogP contribution in [0, 0.1) is 6.92 Å². The minimum atomic E-state index is -0.423. The molecule has 0 spiro atoms. The number of fused-ring (bicyclic) bond motifs is 1. The van der Waals surface area contributed by atoms with E-state index in [-0.39, 0.29) is 6.79 Å². The van der Waals surface area contributed by atoms with Crippen molar-refractivity contribution in [2.24, 2.45) is 4.99 Å². The van der Waals surface area contributed by atoms with Gasteiger partial charge in [-0.05, 0) is 31.7 Å². The highest BCUT2D eigenvalue weighted by Gasteiger charge is 2.43. The molecule has 4 heteroatoms. The van der Waals surface area contributed by atoms with Crippen LogP contribution in [-0.2, 0) is 10.3 Å². The molecule has 1 aliphatic heterocycles. The van der Waals surface area contributed by atoms with Gasteiger partial charge in [0, 0.05) is 5.56 Å². The zero-order valence-corrected chi connectivity index (χ0v) is 9.66. The van der Waals surface area contributed by atoms with Crippen molar-refractivity contribution < 1.29 is 14.3 Å². The van der Waals surface area contributed by atoms with Crippen LogP contribution < -0.4 is 9.47 Å². The molecule has 0 atom stereocenters. The molecule has 0 N–H and O–H groups in total. The van der Waals surface area contributed by atoms with Gasteiger partial charge >= 0.3 is 0 Å². The highest BCUT2D eigenvalue weighted by Crippen LogP contribution is 2.52. The molecule has 0 bridgehead atoms. The first-order valence-corrected chi connectivity index (χ1v) is 5.75. The van der Waals surface area contributed by atoms with Crippen LogP contribution in [0.25, 0.3) is 0 Å². The molecule has 1 saturated carbocycles. The predicted molar refractivity (Wildman–Crippen MR) is 61.0 cm³/mol. The highest BCUT2D eigenvalue weighted by atomic mass is 16.7. The first-order chi connectivity index (χ1) is 8.27. The maximum atomic E-state index is 10.6. The topological polar surface area (TPSA) is 47.9 Å². The number of aliphatic imine (C=N–C) groups is 1. The first kappa shape index (κ1) is 10.4. The third kappa shape index (κ3) is 1.38. The van der Waals surface area contributed by atoms with Crippen molar-refractivity contribution in [1.29, 1.82) is 0 Å². The second-order valence-electron chi connectivity index (χ2n) is 4.58. The summed E-state index contributed by atoms with van der Waals surface area (Å²) < 4.78 is 11.0. The minimum Gasteiger partial charge on any atom is -0.453 e. The van der Waals surface area contributed by atoms with Gasteiger partial charge in [-0.25, -0.2) is 4.79 Å². The van der Waals surface area contributed by atoms with Gasteiger partial charge in [0.25, 0.3) is 0 Å². The molecule has 3 rings (SSSR count). The predicted octanol–water partition coefficient (Wildman–Crippen LogP) is 2.44. The molecule has 0 unspecified atom stereocenters. The summed E-state index contributed by atoms with van der Waals surface area (Å²) in [4.78, 5) is 14.6. The Morgan fingerprint density at radius 1 is 1.29 bits per heavy atom. The Bertz CT molecular complexity index is 514. The maximum absolute atomic E-state index is 10.6. The molecule has 88 valence electrons. The summed E-state index contributed by atoms with van der Waals surface area (Å²) in [6.45, 7) is 2.22. The number of nitrogens with zero attached hydrogens (tertiary/aromatic N) is 1. The van der Waals surface area contributed by atoms with E-state index in [1.165, 1.54) is 0 Å². The average Bonchev–Trinajstić information content (AvgIpc) is 2.74. The average molecular weight is 231 g/mol. The Morgan fingerprint density at radius 3 is 2.71 bits per heavy atom. The zero-order valence-electron chi connectivity index (χ0n) is 9.66. The summed E-state index contributed by atoms with van der Waals surface area (Å²) in [5.74, 6) is 1.54. The molecule has 2 aliphatic rings. The molecular formula is C13H13NO3. The van der Waals surface area contributed by atoms with E-state index in [0.29, 0.717) is 0 Å². The van der Waals surface area contributed by atoms with Crippen molar-refractivity contribution in [3.05, 3.63) is 23.3 Å². The number of carbonyl (C=O) groups excluding carboxylic acids is 1. The standard InChI is InChI=1S/C13H13NO3/c1-9-3-4-10(12-11(9)16-8-17-12)13(14-7-15)5-2-6-13/h3-4H,2,5-6,8H2,1H3. The lowest BCUT2D eigenvalue weighted by Gasteiger charge is -2.37. The summed E-state index contributed by atoms with van der Waals surface area (Å²) in [5, 5.41) is 0. The zero-order chi connectivity index (χ0) is 11.9. The van der Waals surface area contributed by atoms with Crippen LogP contribution in [-0.4, -0.2) is 12.9 Å². The molecule has 1 aromatic rings. The Balaban J connectivity index is 2.15. The fourth-order valence-electron chi connectivity index (χ4n) is 2.54. The fraction of sp³-hybridized carbons (Fsp3) is 0.462. The van der Waals surface area contributed by atoms with Gasteiger partial charge in [-0.2, -0.15) is 4.99 Å². The Morgan fingerprint density at radius 2 is 2.06 bits per heavy atom. The molecular weight excluding hydrogens is 218 g/mol. The summed E-state index contributed by atoms with van der Waals surface area (Å²) in [7, 11) is 0. The monoisotopic (exact) mass is 231 g/mol. The normalized spacial score (nSPS) is 19.4. The van der Waals surface area contributed by atoms with Crippen LogP contribution in [0.1, 0.15) is 30.4 Å². The van der Waals surface area contributed by atoms with E-state index < -0.39 is 5.54 Å². The van der Waals surface area contributed by atoms with Crippen molar-refractivity contribution in [3.63, 3.8) is 0 Å². The van der Waals surface area contributed by atoms with E-state index in [1.54, 1.807) is 6.08 Å². The number of hydrogen-bond donors (Lipinski definition) is 0. The lowest BCUT2D eigenvalue weighted by molar-refractivity contribution is 0.168. The van der Waals surface area contributed by atoms with Gasteiger partial charge in [0.2, 0.25) is 12.9 Å². The number of aryl methyl sites for hydroxylation is 1. The summed E-state index contributed by atoms with van der Waals surface area (Å²) in [5.41, 5.74) is 1.59. The molecule has 0 aromatic heterocycles. The van der Waals surface area contributed by atoms with Crippen LogP contribution >= 0.6 is 0 Å². The number of benzene rings is 1. The third-order valence-electron chi connectivity index (χ3n) is 3.66. The number of isocyanates is 1.